The molecule has 0 fully saturated rings. The molecule has 0 spiro atoms. The second-order valence-electron chi connectivity index (χ2n) is 3.54. The SMILES string of the molecule is CN(C(=O)c1csnn1)c1ccccc1C(N)=S. The van der Waals surface area contributed by atoms with Crippen LogP contribution in [0.15, 0.2) is 29.6 Å². The quantitative estimate of drug-likeness (QED) is 0.860. The van der Waals surface area contributed by atoms with Gasteiger partial charge in [-0.3, -0.25) is 4.79 Å². The largest absolute Gasteiger partial charge is 0.389 e. The maximum Gasteiger partial charge on any atom is 0.279 e. The van der Waals surface area contributed by atoms with Crippen LogP contribution in [0.4, 0.5) is 5.69 Å². The van der Waals surface area contributed by atoms with Gasteiger partial charge >= 0.3 is 0 Å². The molecule has 2 aromatic rings. The van der Waals surface area contributed by atoms with Gasteiger partial charge in [0.1, 0.15) is 4.99 Å². The molecule has 92 valence electrons. The van der Waals surface area contributed by atoms with Gasteiger partial charge in [0.15, 0.2) is 5.69 Å². The molecule has 0 bridgehead atoms. The third-order valence-electron chi connectivity index (χ3n) is 2.41. The molecule has 0 aliphatic carbocycles. The zero-order valence-corrected chi connectivity index (χ0v) is 11.2. The van der Waals surface area contributed by atoms with Gasteiger partial charge in [-0.15, -0.1) is 5.10 Å². The van der Waals surface area contributed by atoms with Crippen LogP contribution in [0, 0.1) is 0 Å². The molecule has 1 heterocycles. The van der Waals surface area contributed by atoms with E-state index in [1.807, 2.05) is 12.1 Å². The highest BCUT2D eigenvalue weighted by Gasteiger charge is 2.18. The van der Waals surface area contributed by atoms with E-state index in [4.69, 9.17) is 18.0 Å². The Hall–Kier alpha value is -1.86. The first-order chi connectivity index (χ1) is 8.61. The highest BCUT2D eigenvalue weighted by molar-refractivity contribution is 7.80. The molecule has 2 N–H and O–H groups in total. The smallest absolute Gasteiger partial charge is 0.279 e. The number of amides is 1. The molecule has 7 heteroatoms. The normalized spacial score (nSPS) is 10.1. The Bertz CT molecular complexity index is 582. The zero-order valence-electron chi connectivity index (χ0n) is 9.53. The summed E-state index contributed by atoms with van der Waals surface area (Å²) in [5.41, 5.74) is 7.26. The second-order valence-corrected chi connectivity index (χ2v) is 4.59. The molecule has 1 aromatic carbocycles. The highest BCUT2D eigenvalue weighted by Crippen LogP contribution is 2.20. The Morgan fingerprint density at radius 2 is 2.17 bits per heavy atom. The molecule has 0 radical (unpaired) electrons. The topological polar surface area (TPSA) is 72.1 Å². The van der Waals surface area contributed by atoms with Gasteiger partial charge in [0.2, 0.25) is 0 Å². The van der Waals surface area contributed by atoms with E-state index >= 15 is 0 Å². The molecule has 0 saturated heterocycles. The third-order valence-corrected chi connectivity index (χ3v) is 3.14. The Morgan fingerprint density at radius 3 is 2.78 bits per heavy atom. The number of hydrogen-bond donors (Lipinski definition) is 1. The first-order valence-corrected chi connectivity index (χ1v) is 6.29. The predicted octanol–water partition coefficient (Wildman–Crippen LogP) is 1.45. The van der Waals surface area contributed by atoms with Crippen LogP contribution < -0.4 is 10.6 Å². The van der Waals surface area contributed by atoms with Crippen LogP contribution in [0.3, 0.4) is 0 Å². The summed E-state index contributed by atoms with van der Waals surface area (Å²) in [7, 11) is 1.65. The number of nitrogens with two attached hydrogens (primary N) is 1. The van der Waals surface area contributed by atoms with Crippen LogP contribution >= 0.6 is 23.8 Å². The van der Waals surface area contributed by atoms with E-state index < -0.39 is 0 Å². The molecule has 0 unspecified atom stereocenters. The van der Waals surface area contributed by atoms with E-state index in [9.17, 15) is 4.79 Å². The Kier molecular flexibility index (Phi) is 3.63. The molecule has 18 heavy (non-hydrogen) atoms. The Balaban J connectivity index is 2.37. The fourth-order valence-electron chi connectivity index (χ4n) is 1.51. The van der Waals surface area contributed by atoms with Crippen molar-refractivity contribution >= 4 is 40.3 Å². The van der Waals surface area contributed by atoms with Crippen molar-refractivity contribution in [2.75, 3.05) is 11.9 Å². The number of para-hydroxylation sites is 1. The summed E-state index contributed by atoms with van der Waals surface area (Å²) in [6, 6.07) is 7.20. The number of nitrogens with zero attached hydrogens (tertiary/aromatic N) is 3. The van der Waals surface area contributed by atoms with Crippen molar-refractivity contribution in [1.29, 1.82) is 0 Å². The molecule has 5 nitrogen and oxygen atoms in total. The van der Waals surface area contributed by atoms with Crippen molar-refractivity contribution in [3.05, 3.63) is 40.9 Å². The molecule has 0 atom stereocenters. The maximum absolute atomic E-state index is 12.1. The first-order valence-electron chi connectivity index (χ1n) is 5.05. The fourth-order valence-corrected chi connectivity index (χ4v) is 2.12. The summed E-state index contributed by atoms with van der Waals surface area (Å²) in [5.74, 6) is -0.243. The molecule has 1 amide bonds. The lowest BCUT2D eigenvalue weighted by molar-refractivity contribution is 0.0988. The van der Waals surface area contributed by atoms with Gasteiger partial charge in [0, 0.05) is 18.0 Å². The molecule has 2 rings (SSSR count). The molecular weight excluding hydrogens is 268 g/mol. The van der Waals surface area contributed by atoms with Crippen molar-refractivity contribution in [3.8, 4) is 0 Å². The van der Waals surface area contributed by atoms with Crippen molar-refractivity contribution < 1.29 is 4.79 Å². The number of carbonyl (C=O) groups excluding carboxylic acids is 1. The monoisotopic (exact) mass is 278 g/mol. The number of carbonyl (C=O) groups is 1. The number of benzene rings is 1. The van der Waals surface area contributed by atoms with Crippen LogP contribution in [0.1, 0.15) is 16.1 Å². The van der Waals surface area contributed by atoms with Gasteiger partial charge < -0.3 is 10.6 Å². The average molecular weight is 278 g/mol. The summed E-state index contributed by atoms with van der Waals surface area (Å²) in [6.07, 6.45) is 0. The Labute approximate surface area is 113 Å². The van der Waals surface area contributed by atoms with E-state index in [1.54, 1.807) is 24.6 Å². The van der Waals surface area contributed by atoms with Crippen molar-refractivity contribution in [3.63, 3.8) is 0 Å². The summed E-state index contributed by atoms with van der Waals surface area (Å²) >= 11 is 6.10. The van der Waals surface area contributed by atoms with E-state index in [-0.39, 0.29) is 10.9 Å². The zero-order chi connectivity index (χ0) is 13.1. The minimum absolute atomic E-state index is 0.243. The van der Waals surface area contributed by atoms with Gasteiger partial charge in [0.25, 0.3) is 5.91 Å². The summed E-state index contributed by atoms with van der Waals surface area (Å²) in [6.45, 7) is 0. The average Bonchev–Trinajstić information content (AvgIpc) is 2.90. The second kappa shape index (κ2) is 5.19. The van der Waals surface area contributed by atoms with Crippen molar-refractivity contribution in [2.45, 2.75) is 0 Å². The molecule has 0 saturated carbocycles. The third kappa shape index (κ3) is 2.36. The Morgan fingerprint density at radius 1 is 1.44 bits per heavy atom. The van der Waals surface area contributed by atoms with Gasteiger partial charge in [-0.05, 0) is 23.7 Å². The molecular formula is C11H10N4OS2. The van der Waals surface area contributed by atoms with E-state index in [1.165, 1.54) is 4.90 Å². The van der Waals surface area contributed by atoms with E-state index in [0.717, 1.165) is 11.5 Å². The molecule has 0 aliphatic heterocycles. The lowest BCUT2D eigenvalue weighted by Crippen LogP contribution is -2.29. The lowest BCUT2D eigenvalue weighted by atomic mass is 10.1. The standard InChI is InChI=1S/C11H10N4OS2/c1-15(11(16)8-6-18-14-13-8)9-5-3-2-4-7(9)10(12)17/h2-6H,1H3,(H2,12,17). The van der Waals surface area contributed by atoms with Gasteiger partial charge in [-0.2, -0.15) is 0 Å². The minimum Gasteiger partial charge on any atom is -0.389 e. The minimum atomic E-state index is -0.243. The lowest BCUT2D eigenvalue weighted by Gasteiger charge is -2.19. The fraction of sp³-hybridized carbons (Fsp3) is 0.0909. The summed E-state index contributed by atoms with van der Waals surface area (Å²) in [4.78, 5) is 13.8. The predicted molar refractivity (Wildman–Crippen MR) is 75.0 cm³/mol. The molecule has 0 aliphatic rings. The number of thiocarbonyl (C=S) groups is 1. The number of hydrogen-bond acceptors (Lipinski definition) is 5. The van der Waals surface area contributed by atoms with E-state index in [0.29, 0.717) is 16.9 Å². The maximum atomic E-state index is 12.1. The first kappa shape index (κ1) is 12.6. The summed E-state index contributed by atoms with van der Waals surface area (Å²) < 4.78 is 3.67. The molecule has 1 aromatic heterocycles. The van der Waals surface area contributed by atoms with Gasteiger partial charge in [-0.1, -0.05) is 28.8 Å². The van der Waals surface area contributed by atoms with Gasteiger partial charge in [0.05, 0.1) is 5.69 Å². The van der Waals surface area contributed by atoms with Crippen LogP contribution in [0.25, 0.3) is 0 Å². The van der Waals surface area contributed by atoms with Crippen LogP contribution in [0.5, 0.6) is 0 Å². The van der Waals surface area contributed by atoms with Gasteiger partial charge in [-0.25, -0.2) is 0 Å². The van der Waals surface area contributed by atoms with Crippen molar-refractivity contribution in [1.82, 2.24) is 9.59 Å². The number of anilines is 1. The van der Waals surface area contributed by atoms with Crippen LogP contribution in [-0.2, 0) is 0 Å². The van der Waals surface area contributed by atoms with Crippen LogP contribution in [0.2, 0.25) is 0 Å². The number of aromatic nitrogens is 2. The highest BCUT2D eigenvalue weighted by atomic mass is 32.1. The van der Waals surface area contributed by atoms with Crippen molar-refractivity contribution in [2.24, 2.45) is 5.73 Å². The number of rotatable bonds is 3. The summed E-state index contributed by atoms with van der Waals surface area (Å²) in [5, 5.41) is 5.35. The van der Waals surface area contributed by atoms with E-state index in [2.05, 4.69) is 9.59 Å². The van der Waals surface area contributed by atoms with Crippen LogP contribution in [-0.4, -0.2) is 27.5 Å².